The van der Waals surface area contributed by atoms with Crippen molar-refractivity contribution in [2.45, 2.75) is 0 Å². The SMILES string of the molecule is COc1ccc(Br)cc1/C=N/O. The quantitative estimate of drug-likeness (QED) is 0.481. The Bertz CT molecular complexity index is 299. The second kappa shape index (κ2) is 4.11. The number of oxime groups is 1. The van der Waals surface area contributed by atoms with E-state index in [2.05, 4.69) is 21.1 Å². The molecule has 3 nitrogen and oxygen atoms in total. The number of methoxy groups -OCH3 is 1. The largest absolute Gasteiger partial charge is 0.496 e. The summed E-state index contributed by atoms with van der Waals surface area (Å²) in [5.74, 6) is 0.677. The molecule has 0 aliphatic rings. The molecule has 0 aliphatic heterocycles. The van der Waals surface area contributed by atoms with Gasteiger partial charge in [-0.3, -0.25) is 0 Å². The van der Waals surface area contributed by atoms with Crippen LogP contribution in [0, 0.1) is 0 Å². The second-order valence-electron chi connectivity index (χ2n) is 2.13. The molecule has 12 heavy (non-hydrogen) atoms. The predicted molar refractivity (Wildman–Crippen MR) is 50.1 cm³/mol. The molecule has 0 amide bonds. The van der Waals surface area contributed by atoms with E-state index in [1.807, 2.05) is 6.07 Å². The van der Waals surface area contributed by atoms with E-state index in [-0.39, 0.29) is 0 Å². The average Bonchev–Trinajstić information content (AvgIpc) is 2.05. The smallest absolute Gasteiger partial charge is 0.127 e. The van der Waals surface area contributed by atoms with Crippen LogP contribution in [-0.2, 0) is 0 Å². The summed E-state index contributed by atoms with van der Waals surface area (Å²) in [6, 6.07) is 5.45. The van der Waals surface area contributed by atoms with Crippen molar-refractivity contribution in [3.8, 4) is 5.75 Å². The van der Waals surface area contributed by atoms with Gasteiger partial charge in [-0.25, -0.2) is 0 Å². The Morgan fingerprint density at radius 2 is 2.33 bits per heavy atom. The zero-order chi connectivity index (χ0) is 8.97. The number of halogens is 1. The summed E-state index contributed by atoms with van der Waals surface area (Å²) < 4.78 is 5.94. The first-order chi connectivity index (χ1) is 5.77. The molecule has 0 fully saturated rings. The summed E-state index contributed by atoms with van der Waals surface area (Å²) in [5, 5.41) is 11.3. The highest BCUT2D eigenvalue weighted by Crippen LogP contribution is 2.20. The van der Waals surface area contributed by atoms with Gasteiger partial charge in [-0.2, -0.15) is 0 Å². The minimum absolute atomic E-state index is 0.677. The third-order valence-electron chi connectivity index (χ3n) is 1.39. The Kier molecular flexibility index (Phi) is 3.10. The monoisotopic (exact) mass is 229 g/mol. The van der Waals surface area contributed by atoms with E-state index < -0.39 is 0 Å². The van der Waals surface area contributed by atoms with E-state index in [4.69, 9.17) is 9.94 Å². The summed E-state index contributed by atoms with van der Waals surface area (Å²) in [4.78, 5) is 0. The molecule has 0 unspecified atom stereocenters. The van der Waals surface area contributed by atoms with E-state index >= 15 is 0 Å². The van der Waals surface area contributed by atoms with E-state index in [1.54, 1.807) is 19.2 Å². The van der Waals surface area contributed by atoms with E-state index in [0.717, 1.165) is 10.0 Å². The molecule has 0 aliphatic carbocycles. The highest BCUT2D eigenvalue weighted by atomic mass is 79.9. The molecular formula is C8H8BrNO2. The number of hydrogen-bond acceptors (Lipinski definition) is 3. The molecule has 0 heterocycles. The third-order valence-corrected chi connectivity index (χ3v) is 1.88. The van der Waals surface area contributed by atoms with Gasteiger partial charge in [0.15, 0.2) is 0 Å². The Morgan fingerprint density at radius 3 is 2.92 bits per heavy atom. The molecule has 4 heteroatoms. The Hall–Kier alpha value is -1.03. The summed E-state index contributed by atoms with van der Waals surface area (Å²) in [6.45, 7) is 0. The van der Waals surface area contributed by atoms with Gasteiger partial charge in [0.1, 0.15) is 5.75 Å². The first-order valence-corrected chi connectivity index (χ1v) is 4.08. The van der Waals surface area contributed by atoms with Crippen molar-refractivity contribution in [3.63, 3.8) is 0 Å². The van der Waals surface area contributed by atoms with Gasteiger partial charge in [-0.05, 0) is 18.2 Å². The highest BCUT2D eigenvalue weighted by Gasteiger charge is 1.99. The van der Waals surface area contributed by atoms with Crippen molar-refractivity contribution in [2.24, 2.45) is 5.16 Å². The van der Waals surface area contributed by atoms with Gasteiger partial charge in [-0.1, -0.05) is 21.1 Å². The van der Waals surface area contributed by atoms with Crippen LogP contribution in [0.25, 0.3) is 0 Å². The lowest BCUT2D eigenvalue weighted by atomic mass is 10.2. The number of ether oxygens (including phenoxy) is 1. The fourth-order valence-electron chi connectivity index (χ4n) is 0.868. The summed E-state index contributed by atoms with van der Waals surface area (Å²) >= 11 is 3.30. The van der Waals surface area contributed by atoms with Crippen LogP contribution < -0.4 is 4.74 Å². The van der Waals surface area contributed by atoms with Crippen LogP contribution in [0.4, 0.5) is 0 Å². The van der Waals surface area contributed by atoms with Gasteiger partial charge in [0, 0.05) is 10.0 Å². The molecule has 0 saturated carbocycles. The molecule has 1 aromatic rings. The summed E-state index contributed by atoms with van der Waals surface area (Å²) in [7, 11) is 1.57. The summed E-state index contributed by atoms with van der Waals surface area (Å²) in [6.07, 6.45) is 1.32. The molecule has 0 bridgehead atoms. The fourth-order valence-corrected chi connectivity index (χ4v) is 1.25. The zero-order valence-corrected chi connectivity index (χ0v) is 8.08. The minimum atomic E-state index is 0.677. The average molecular weight is 230 g/mol. The Balaban J connectivity index is 3.12. The van der Waals surface area contributed by atoms with Gasteiger partial charge in [0.05, 0.1) is 13.3 Å². The molecule has 1 N–H and O–H groups in total. The summed E-state index contributed by atoms with van der Waals surface area (Å²) in [5.41, 5.74) is 0.731. The van der Waals surface area contributed by atoms with Crippen LogP contribution in [0.15, 0.2) is 27.8 Å². The van der Waals surface area contributed by atoms with Gasteiger partial charge in [-0.15, -0.1) is 0 Å². The van der Waals surface area contributed by atoms with Crippen molar-refractivity contribution in [1.29, 1.82) is 0 Å². The van der Waals surface area contributed by atoms with Crippen molar-refractivity contribution in [3.05, 3.63) is 28.2 Å². The van der Waals surface area contributed by atoms with Gasteiger partial charge in [0.25, 0.3) is 0 Å². The molecule has 0 spiro atoms. The standard InChI is InChI=1S/C8H8BrNO2/c1-12-8-3-2-7(9)4-6(8)5-10-11/h2-5,11H,1H3/b10-5+. The van der Waals surface area contributed by atoms with Gasteiger partial charge in [0.2, 0.25) is 0 Å². The molecule has 1 aromatic carbocycles. The maximum atomic E-state index is 8.33. The van der Waals surface area contributed by atoms with Crippen LogP contribution >= 0.6 is 15.9 Å². The minimum Gasteiger partial charge on any atom is -0.496 e. The molecule has 64 valence electrons. The van der Waals surface area contributed by atoms with Crippen LogP contribution in [-0.4, -0.2) is 18.5 Å². The molecule has 0 radical (unpaired) electrons. The van der Waals surface area contributed by atoms with Crippen molar-refractivity contribution in [1.82, 2.24) is 0 Å². The second-order valence-corrected chi connectivity index (χ2v) is 3.05. The lowest BCUT2D eigenvalue weighted by Crippen LogP contribution is -1.90. The maximum Gasteiger partial charge on any atom is 0.127 e. The number of nitrogens with zero attached hydrogens (tertiary/aromatic N) is 1. The van der Waals surface area contributed by atoms with Gasteiger partial charge < -0.3 is 9.94 Å². The Labute approximate surface area is 78.8 Å². The highest BCUT2D eigenvalue weighted by molar-refractivity contribution is 9.10. The van der Waals surface area contributed by atoms with Crippen molar-refractivity contribution < 1.29 is 9.94 Å². The predicted octanol–water partition coefficient (Wildman–Crippen LogP) is 2.27. The van der Waals surface area contributed by atoms with E-state index in [0.29, 0.717) is 5.75 Å². The van der Waals surface area contributed by atoms with Crippen LogP contribution in [0.2, 0.25) is 0 Å². The third kappa shape index (κ3) is 1.98. The van der Waals surface area contributed by atoms with E-state index in [9.17, 15) is 0 Å². The number of benzene rings is 1. The van der Waals surface area contributed by atoms with Crippen LogP contribution in [0.1, 0.15) is 5.56 Å². The lowest BCUT2D eigenvalue weighted by molar-refractivity contribution is 0.321. The van der Waals surface area contributed by atoms with Crippen molar-refractivity contribution >= 4 is 22.1 Å². The molecule has 1 rings (SSSR count). The lowest BCUT2D eigenvalue weighted by Gasteiger charge is -2.03. The molecule has 0 atom stereocenters. The molecular weight excluding hydrogens is 222 g/mol. The normalized spacial score (nSPS) is 10.5. The van der Waals surface area contributed by atoms with Crippen LogP contribution in [0.5, 0.6) is 5.75 Å². The zero-order valence-electron chi connectivity index (χ0n) is 6.49. The fraction of sp³-hybridized carbons (Fsp3) is 0.125. The maximum absolute atomic E-state index is 8.33. The van der Waals surface area contributed by atoms with E-state index in [1.165, 1.54) is 6.21 Å². The number of hydrogen-bond donors (Lipinski definition) is 1. The first kappa shape index (κ1) is 9.06. The number of rotatable bonds is 2. The molecule has 0 aromatic heterocycles. The topological polar surface area (TPSA) is 41.8 Å². The van der Waals surface area contributed by atoms with Crippen LogP contribution in [0.3, 0.4) is 0 Å². The van der Waals surface area contributed by atoms with Crippen molar-refractivity contribution in [2.75, 3.05) is 7.11 Å². The van der Waals surface area contributed by atoms with Gasteiger partial charge >= 0.3 is 0 Å². The molecule has 0 saturated heterocycles. The first-order valence-electron chi connectivity index (χ1n) is 3.29. The Morgan fingerprint density at radius 1 is 1.58 bits per heavy atom.